The average Bonchev–Trinajstić information content (AvgIpc) is 3.19. The van der Waals surface area contributed by atoms with Crippen LogP contribution in [-0.4, -0.2) is 20.5 Å². The number of fused-ring (bicyclic) bond motifs is 2. The van der Waals surface area contributed by atoms with Gasteiger partial charge in [-0.3, -0.25) is 9.20 Å². The second-order valence-electron chi connectivity index (χ2n) is 6.63. The number of aromatic nitrogens is 3. The number of amides is 1. The maximum Gasteiger partial charge on any atom is 0.259 e. The van der Waals surface area contributed by atoms with Gasteiger partial charge in [0.2, 0.25) is 0 Å². The fourth-order valence-corrected chi connectivity index (χ4v) is 3.41. The number of nitrogens with zero attached hydrogens (tertiary/aromatic N) is 3. The largest absolute Gasteiger partial charge is 0.321 e. The van der Waals surface area contributed by atoms with Gasteiger partial charge in [0, 0.05) is 22.8 Å². The molecule has 0 atom stereocenters. The monoisotopic (exact) mass is 382 g/mol. The number of rotatable bonds is 3. The first-order valence-electron chi connectivity index (χ1n) is 9.09. The Hall–Kier alpha value is -4.06. The highest BCUT2D eigenvalue weighted by molar-refractivity contribution is 6.11. The average molecular weight is 382 g/mol. The van der Waals surface area contributed by atoms with E-state index in [1.54, 1.807) is 34.9 Å². The first-order chi connectivity index (χ1) is 14.2. The smallest absolute Gasteiger partial charge is 0.259 e. The van der Waals surface area contributed by atoms with E-state index in [0.29, 0.717) is 22.6 Å². The van der Waals surface area contributed by atoms with Crippen molar-refractivity contribution < 1.29 is 9.18 Å². The van der Waals surface area contributed by atoms with Crippen LogP contribution < -0.4 is 5.32 Å². The van der Waals surface area contributed by atoms with E-state index in [-0.39, 0.29) is 11.7 Å². The van der Waals surface area contributed by atoms with Crippen molar-refractivity contribution in [3.05, 3.63) is 96.4 Å². The molecule has 5 aromatic rings. The Morgan fingerprint density at radius 1 is 0.862 bits per heavy atom. The molecule has 29 heavy (non-hydrogen) atoms. The minimum atomic E-state index is -0.322. The molecular formula is C23H15FN4O. The minimum Gasteiger partial charge on any atom is -0.321 e. The third-order valence-corrected chi connectivity index (χ3v) is 4.82. The van der Waals surface area contributed by atoms with Crippen LogP contribution in [0.25, 0.3) is 27.8 Å². The number of hydrogen-bond donors (Lipinski definition) is 1. The number of anilines is 1. The standard InChI is InChI=1S/C23H15FN4O/c24-17-12-10-16(11-13-17)21-26-27-22-19(8-4-14-28(21)22)23(29)25-20-9-3-6-15-5-1-2-7-18(15)20/h1-14H,(H,25,29). The molecule has 0 aliphatic rings. The quantitative estimate of drug-likeness (QED) is 0.481. The van der Waals surface area contributed by atoms with Gasteiger partial charge in [-0.15, -0.1) is 10.2 Å². The van der Waals surface area contributed by atoms with Gasteiger partial charge in [0.1, 0.15) is 5.82 Å². The van der Waals surface area contributed by atoms with Crippen molar-refractivity contribution in [1.29, 1.82) is 0 Å². The number of nitrogens with one attached hydrogen (secondary N) is 1. The molecule has 6 heteroatoms. The minimum absolute atomic E-state index is 0.273. The van der Waals surface area contributed by atoms with Crippen LogP contribution in [0.15, 0.2) is 85.1 Å². The van der Waals surface area contributed by atoms with E-state index in [0.717, 1.165) is 16.5 Å². The van der Waals surface area contributed by atoms with Gasteiger partial charge in [-0.1, -0.05) is 36.4 Å². The van der Waals surface area contributed by atoms with Crippen molar-refractivity contribution >= 4 is 28.0 Å². The molecule has 0 bridgehead atoms. The van der Waals surface area contributed by atoms with Crippen LogP contribution in [0.4, 0.5) is 10.1 Å². The van der Waals surface area contributed by atoms with Gasteiger partial charge in [-0.25, -0.2) is 4.39 Å². The van der Waals surface area contributed by atoms with Crippen LogP contribution in [0.5, 0.6) is 0 Å². The zero-order valence-electron chi connectivity index (χ0n) is 15.2. The summed E-state index contributed by atoms with van der Waals surface area (Å²) >= 11 is 0. The first-order valence-corrected chi connectivity index (χ1v) is 9.09. The molecule has 140 valence electrons. The van der Waals surface area contributed by atoms with E-state index >= 15 is 0 Å². The second-order valence-corrected chi connectivity index (χ2v) is 6.63. The Morgan fingerprint density at radius 3 is 2.52 bits per heavy atom. The number of hydrogen-bond acceptors (Lipinski definition) is 3. The van der Waals surface area contributed by atoms with E-state index in [4.69, 9.17) is 0 Å². The van der Waals surface area contributed by atoms with Crippen molar-refractivity contribution in [2.45, 2.75) is 0 Å². The number of carbonyl (C=O) groups excluding carboxylic acids is 1. The molecule has 0 unspecified atom stereocenters. The molecule has 0 saturated carbocycles. The summed E-state index contributed by atoms with van der Waals surface area (Å²) in [6.45, 7) is 0. The lowest BCUT2D eigenvalue weighted by Gasteiger charge is -2.09. The van der Waals surface area contributed by atoms with Crippen LogP contribution in [0, 0.1) is 5.82 Å². The highest BCUT2D eigenvalue weighted by atomic mass is 19.1. The Labute approximate surface area is 165 Å². The van der Waals surface area contributed by atoms with E-state index in [9.17, 15) is 9.18 Å². The number of carbonyl (C=O) groups is 1. The third-order valence-electron chi connectivity index (χ3n) is 4.82. The lowest BCUT2D eigenvalue weighted by Crippen LogP contribution is -2.13. The van der Waals surface area contributed by atoms with Crippen LogP contribution in [0.1, 0.15) is 10.4 Å². The summed E-state index contributed by atoms with van der Waals surface area (Å²) < 4.78 is 15.0. The molecule has 3 aromatic carbocycles. The molecule has 5 nitrogen and oxygen atoms in total. The third kappa shape index (κ3) is 3.00. The van der Waals surface area contributed by atoms with Crippen molar-refractivity contribution in [1.82, 2.24) is 14.6 Å². The lowest BCUT2D eigenvalue weighted by molar-refractivity contribution is 0.102. The predicted octanol–water partition coefficient (Wildman–Crippen LogP) is 4.94. The van der Waals surface area contributed by atoms with Crippen LogP contribution in [-0.2, 0) is 0 Å². The van der Waals surface area contributed by atoms with Crippen LogP contribution in [0.2, 0.25) is 0 Å². The molecule has 0 aliphatic carbocycles. The van der Waals surface area contributed by atoms with E-state index in [1.165, 1.54) is 12.1 Å². The summed E-state index contributed by atoms with van der Waals surface area (Å²) in [6.07, 6.45) is 1.78. The van der Waals surface area contributed by atoms with Gasteiger partial charge < -0.3 is 5.32 Å². The predicted molar refractivity (Wildman–Crippen MR) is 110 cm³/mol. The Morgan fingerprint density at radius 2 is 1.66 bits per heavy atom. The second kappa shape index (κ2) is 6.83. The molecule has 0 fully saturated rings. The molecule has 0 aliphatic heterocycles. The lowest BCUT2D eigenvalue weighted by atomic mass is 10.1. The molecule has 1 N–H and O–H groups in total. The van der Waals surface area contributed by atoms with Crippen LogP contribution >= 0.6 is 0 Å². The van der Waals surface area contributed by atoms with Gasteiger partial charge in [0.05, 0.1) is 5.56 Å². The number of benzene rings is 3. The van der Waals surface area contributed by atoms with Gasteiger partial charge >= 0.3 is 0 Å². The summed E-state index contributed by atoms with van der Waals surface area (Å²) in [5.74, 6) is -0.0532. The van der Waals surface area contributed by atoms with Crippen molar-refractivity contribution in [3.8, 4) is 11.4 Å². The van der Waals surface area contributed by atoms with Crippen molar-refractivity contribution in [2.75, 3.05) is 5.32 Å². The van der Waals surface area contributed by atoms with E-state index in [1.807, 2.05) is 42.5 Å². The van der Waals surface area contributed by atoms with Crippen molar-refractivity contribution in [3.63, 3.8) is 0 Å². The Kier molecular flexibility index (Phi) is 4.02. The molecule has 0 spiro atoms. The van der Waals surface area contributed by atoms with Crippen molar-refractivity contribution in [2.24, 2.45) is 0 Å². The molecule has 0 saturated heterocycles. The van der Waals surface area contributed by atoms with Crippen LogP contribution in [0.3, 0.4) is 0 Å². The first kappa shape index (κ1) is 17.1. The molecule has 2 heterocycles. The van der Waals surface area contributed by atoms with E-state index in [2.05, 4.69) is 15.5 Å². The maximum atomic E-state index is 13.2. The number of halogens is 1. The molecular weight excluding hydrogens is 367 g/mol. The Bertz CT molecular complexity index is 1350. The van der Waals surface area contributed by atoms with Gasteiger partial charge in [0.25, 0.3) is 5.91 Å². The van der Waals surface area contributed by atoms with E-state index < -0.39 is 0 Å². The topological polar surface area (TPSA) is 59.3 Å². The summed E-state index contributed by atoms with van der Waals surface area (Å²) in [6, 6.07) is 23.1. The highest BCUT2D eigenvalue weighted by Gasteiger charge is 2.16. The normalized spacial score (nSPS) is 11.1. The highest BCUT2D eigenvalue weighted by Crippen LogP contribution is 2.25. The summed E-state index contributed by atoms with van der Waals surface area (Å²) in [5.41, 5.74) is 2.28. The fraction of sp³-hybridized carbons (Fsp3) is 0. The zero-order valence-corrected chi connectivity index (χ0v) is 15.2. The van der Waals surface area contributed by atoms with Gasteiger partial charge in [-0.05, 0) is 47.9 Å². The summed E-state index contributed by atoms with van der Waals surface area (Å²) in [5, 5.41) is 13.4. The number of pyridine rings is 1. The summed E-state index contributed by atoms with van der Waals surface area (Å²) in [7, 11) is 0. The SMILES string of the molecule is O=C(Nc1cccc2ccccc12)c1cccn2c(-c3ccc(F)cc3)nnc12. The fourth-order valence-electron chi connectivity index (χ4n) is 3.41. The maximum absolute atomic E-state index is 13.2. The molecule has 2 aromatic heterocycles. The van der Waals surface area contributed by atoms with Gasteiger partial charge in [-0.2, -0.15) is 0 Å². The molecule has 1 amide bonds. The Balaban J connectivity index is 1.55. The summed E-state index contributed by atoms with van der Waals surface area (Å²) in [4.78, 5) is 13.0. The molecule has 0 radical (unpaired) electrons. The molecule has 5 rings (SSSR count). The van der Waals surface area contributed by atoms with Gasteiger partial charge in [0.15, 0.2) is 11.5 Å². The zero-order chi connectivity index (χ0) is 19.8.